The van der Waals surface area contributed by atoms with Gasteiger partial charge in [-0.15, -0.1) is 0 Å². The number of methoxy groups -OCH3 is 1. The highest BCUT2D eigenvalue weighted by atomic mass is 16.5. The van der Waals surface area contributed by atoms with E-state index in [2.05, 4.69) is 10.9 Å². The second kappa shape index (κ2) is 10.0. The van der Waals surface area contributed by atoms with Gasteiger partial charge in [0.1, 0.15) is 6.54 Å². The zero-order chi connectivity index (χ0) is 24.1. The summed E-state index contributed by atoms with van der Waals surface area (Å²) < 4.78 is 13.1. The Morgan fingerprint density at radius 2 is 1.73 bits per heavy atom. The minimum Gasteiger partial charge on any atom is -0.493 e. The summed E-state index contributed by atoms with van der Waals surface area (Å²) in [6.45, 7) is 5.20. The van der Waals surface area contributed by atoms with Crippen LogP contribution in [-0.4, -0.2) is 34.2 Å². The first kappa shape index (κ1) is 23.6. The van der Waals surface area contributed by atoms with Gasteiger partial charge in [0.2, 0.25) is 0 Å². The predicted octanol–water partition coefficient (Wildman–Crippen LogP) is 1.44. The highest BCUT2D eigenvalue weighted by Crippen LogP contribution is 2.28. The molecular weight excluding hydrogens is 428 g/mol. The second-order valence-corrected chi connectivity index (χ2v) is 7.47. The summed E-state index contributed by atoms with van der Waals surface area (Å²) in [5.41, 5.74) is 4.18. The number of nitrogens with one attached hydrogen (secondary N) is 2. The van der Waals surface area contributed by atoms with Crippen molar-refractivity contribution in [3.63, 3.8) is 0 Å². The molecule has 0 unspecified atom stereocenters. The number of hydrogen-bond acceptors (Lipinski definition) is 6. The van der Waals surface area contributed by atoms with Crippen molar-refractivity contribution in [2.45, 2.75) is 40.0 Å². The normalized spacial score (nSPS) is 10.8. The zero-order valence-electron chi connectivity index (χ0n) is 18.9. The molecule has 1 aromatic heterocycles. The van der Waals surface area contributed by atoms with E-state index in [1.54, 1.807) is 37.3 Å². The first-order valence-electron chi connectivity index (χ1n) is 10.4. The summed E-state index contributed by atoms with van der Waals surface area (Å²) in [6.07, 6.45) is -0.0700. The second-order valence-electron chi connectivity index (χ2n) is 7.47. The molecule has 0 saturated heterocycles. The largest absolute Gasteiger partial charge is 0.493 e. The van der Waals surface area contributed by atoms with Gasteiger partial charge < -0.3 is 9.47 Å². The molecule has 3 rings (SSSR count). The smallest absolute Gasteiger partial charge is 0.331 e. The molecular formula is C23H26N4O6. The number of hydrogen-bond donors (Lipinski definition) is 2. The lowest BCUT2D eigenvalue weighted by Gasteiger charge is -2.15. The quantitative estimate of drug-likeness (QED) is 0.521. The lowest BCUT2D eigenvalue weighted by molar-refractivity contribution is -0.122. The van der Waals surface area contributed by atoms with Crippen LogP contribution in [0.1, 0.15) is 31.1 Å². The van der Waals surface area contributed by atoms with Gasteiger partial charge in [0, 0.05) is 12.1 Å². The Balaban J connectivity index is 1.76. The van der Waals surface area contributed by atoms with Crippen LogP contribution < -0.4 is 31.6 Å². The molecule has 0 bridgehead atoms. The number of rotatable bonds is 7. The van der Waals surface area contributed by atoms with E-state index < -0.39 is 23.1 Å². The van der Waals surface area contributed by atoms with Gasteiger partial charge in [-0.1, -0.05) is 12.1 Å². The van der Waals surface area contributed by atoms with Crippen molar-refractivity contribution in [1.29, 1.82) is 0 Å². The summed E-state index contributed by atoms with van der Waals surface area (Å²) >= 11 is 0. The van der Waals surface area contributed by atoms with E-state index >= 15 is 0 Å². The maximum absolute atomic E-state index is 12.7. The third kappa shape index (κ3) is 5.05. The SMILES string of the molecule is CCn1c(=O)c2ccccc2n(CC(=O)NNC(=O)c2ccc(OC(C)C)c(OC)c2)c1=O. The maximum Gasteiger partial charge on any atom is 0.331 e. The minimum absolute atomic E-state index is 0.0700. The van der Waals surface area contributed by atoms with E-state index in [9.17, 15) is 19.2 Å². The average Bonchev–Trinajstić information content (AvgIpc) is 2.80. The van der Waals surface area contributed by atoms with Gasteiger partial charge in [-0.2, -0.15) is 0 Å². The van der Waals surface area contributed by atoms with Crippen LogP contribution in [0, 0.1) is 0 Å². The Bertz CT molecular complexity index is 1310. The number of fused-ring (bicyclic) bond motifs is 1. The van der Waals surface area contributed by atoms with E-state index in [-0.39, 0.29) is 24.8 Å². The van der Waals surface area contributed by atoms with Gasteiger partial charge in [0.05, 0.1) is 24.1 Å². The number of ether oxygens (including phenoxy) is 2. The minimum atomic E-state index is -0.636. The van der Waals surface area contributed by atoms with E-state index in [1.807, 2.05) is 13.8 Å². The molecule has 0 aliphatic heterocycles. The maximum atomic E-state index is 12.7. The molecule has 33 heavy (non-hydrogen) atoms. The van der Waals surface area contributed by atoms with Crippen LogP contribution in [0.25, 0.3) is 10.9 Å². The Hall–Kier alpha value is -4.08. The van der Waals surface area contributed by atoms with Gasteiger partial charge in [-0.05, 0) is 51.1 Å². The van der Waals surface area contributed by atoms with Crippen LogP contribution in [0.5, 0.6) is 11.5 Å². The van der Waals surface area contributed by atoms with Crippen LogP contribution in [0.15, 0.2) is 52.1 Å². The summed E-state index contributed by atoms with van der Waals surface area (Å²) in [5, 5.41) is 0.326. The fourth-order valence-corrected chi connectivity index (χ4v) is 3.34. The number of benzene rings is 2. The molecule has 0 radical (unpaired) electrons. The van der Waals surface area contributed by atoms with Gasteiger partial charge in [0.15, 0.2) is 11.5 Å². The monoisotopic (exact) mass is 454 g/mol. The standard InChI is InChI=1S/C23H26N4O6/c1-5-26-22(30)16-8-6-7-9-17(16)27(23(26)31)13-20(28)24-25-21(29)15-10-11-18(33-14(2)3)19(12-15)32-4/h6-12,14H,5,13H2,1-4H3,(H,24,28)(H,25,29). The molecule has 0 spiro atoms. The van der Waals surface area contributed by atoms with Crippen LogP contribution in [0.4, 0.5) is 0 Å². The predicted molar refractivity (Wildman–Crippen MR) is 123 cm³/mol. The Kier molecular flexibility index (Phi) is 7.17. The highest BCUT2D eigenvalue weighted by Gasteiger charge is 2.16. The molecule has 174 valence electrons. The third-order valence-electron chi connectivity index (χ3n) is 4.85. The molecule has 0 atom stereocenters. The number of carbonyl (C=O) groups excluding carboxylic acids is 2. The number of aromatic nitrogens is 2. The van der Waals surface area contributed by atoms with Crippen molar-refractivity contribution in [3.05, 3.63) is 68.9 Å². The summed E-state index contributed by atoms with van der Waals surface area (Å²) in [7, 11) is 1.46. The number of hydrazine groups is 1. The van der Waals surface area contributed by atoms with Crippen LogP contribution >= 0.6 is 0 Å². The first-order chi connectivity index (χ1) is 15.8. The van der Waals surface area contributed by atoms with Gasteiger partial charge in [-0.25, -0.2) is 4.79 Å². The summed E-state index contributed by atoms with van der Waals surface area (Å²) in [6, 6.07) is 11.2. The van der Waals surface area contributed by atoms with E-state index in [1.165, 1.54) is 23.8 Å². The van der Waals surface area contributed by atoms with E-state index in [4.69, 9.17) is 9.47 Å². The van der Waals surface area contributed by atoms with E-state index in [0.717, 1.165) is 4.57 Å². The Morgan fingerprint density at radius 3 is 2.39 bits per heavy atom. The van der Waals surface area contributed by atoms with Crippen LogP contribution in [0.2, 0.25) is 0 Å². The summed E-state index contributed by atoms with van der Waals surface area (Å²) in [4.78, 5) is 50.2. The topological polar surface area (TPSA) is 121 Å². The molecule has 2 N–H and O–H groups in total. The van der Waals surface area contributed by atoms with Gasteiger partial charge in [-0.3, -0.25) is 34.4 Å². The Labute approximate surface area is 189 Å². The molecule has 3 aromatic rings. The van der Waals surface area contributed by atoms with Crippen molar-refractivity contribution in [1.82, 2.24) is 20.0 Å². The van der Waals surface area contributed by atoms with Crippen molar-refractivity contribution < 1.29 is 19.1 Å². The molecule has 10 nitrogen and oxygen atoms in total. The lowest BCUT2D eigenvalue weighted by Crippen LogP contribution is -2.46. The molecule has 0 aliphatic rings. The van der Waals surface area contributed by atoms with Gasteiger partial charge in [0.25, 0.3) is 17.4 Å². The zero-order valence-corrected chi connectivity index (χ0v) is 18.9. The lowest BCUT2D eigenvalue weighted by atomic mass is 10.2. The molecule has 0 fully saturated rings. The molecule has 10 heteroatoms. The van der Waals surface area contributed by atoms with Crippen LogP contribution in [-0.2, 0) is 17.9 Å². The molecule has 2 aromatic carbocycles. The summed E-state index contributed by atoms with van der Waals surface area (Å²) in [5.74, 6) is -0.343. The molecule has 2 amide bonds. The van der Waals surface area contributed by atoms with Crippen molar-refractivity contribution in [2.24, 2.45) is 0 Å². The molecule has 0 saturated carbocycles. The first-order valence-corrected chi connectivity index (χ1v) is 10.4. The number of carbonyl (C=O) groups is 2. The number of amides is 2. The highest BCUT2D eigenvalue weighted by molar-refractivity contribution is 5.96. The fraction of sp³-hybridized carbons (Fsp3) is 0.304. The number of para-hydroxylation sites is 1. The van der Waals surface area contributed by atoms with Crippen molar-refractivity contribution in [2.75, 3.05) is 7.11 Å². The third-order valence-corrected chi connectivity index (χ3v) is 4.85. The average molecular weight is 454 g/mol. The fourth-order valence-electron chi connectivity index (χ4n) is 3.34. The van der Waals surface area contributed by atoms with E-state index in [0.29, 0.717) is 22.4 Å². The van der Waals surface area contributed by atoms with Crippen molar-refractivity contribution >= 4 is 22.7 Å². The van der Waals surface area contributed by atoms with Crippen molar-refractivity contribution in [3.8, 4) is 11.5 Å². The Morgan fingerprint density at radius 1 is 1.00 bits per heavy atom. The van der Waals surface area contributed by atoms with Crippen LogP contribution in [0.3, 0.4) is 0 Å². The molecule has 0 aliphatic carbocycles. The number of nitrogens with zero attached hydrogens (tertiary/aromatic N) is 2. The van der Waals surface area contributed by atoms with Gasteiger partial charge >= 0.3 is 5.69 Å². The molecule has 1 heterocycles.